The second kappa shape index (κ2) is 9.55. The highest BCUT2D eigenvalue weighted by Crippen LogP contribution is 1.72. The molecule has 11 heavy (non-hydrogen) atoms. The summed E-state index contributed by atoms with van der Waals surface area (Å²) in [6, 6.07) is 0. The van der Waals surface area contributed by atoms with E-state index in [-0.39, 0.29) is 12.4 Å². The summed E-state index contributed by atoms with van der Waals surface area (Å²) in [4.78, 5) is 9.44. The van der Waals surface area contributed by atoms with Crippen molar-refractivity contribution < 1.29 is 15.0 Å². The predicted molar refractivity (Wildman–Crippen MR) is 43.4 cm³/mol. The first-order chi connectivity index (χ1) is 5.04. The first-order valence-corrected chi connectivity index (χ1v) is 3.45. The lowest BCUT2D eigenvalue weighted by atomic mass is 10.4. The van der Waals surface area contributed by atoms with Crippen molar-refractivity contribution in [2.24, 2.45) is 0 Å². The molecule has 0 aromatic heterocycles. The second-order valence-corrected chi connectivity index (χ2v) is 2.30. The Morgan fingerprint density at radius 2 is 1.91 bits per heavy atom. The van der Waals surface area contributed by atoms with E-state index in [1.807, 2.05) is 0 Å². The summed E-state index contributed by atoms with van der Waals surface area (Å²) in [5.74, 6) is 0.167. The van der Waals surface area contributed by atoms with Gasteiger partial charge < -0.3 is 20.3 Å². The van der Waals surface area contributed by atoms with Crippen LogP contribution in [0.2, 0.25) is 0 Å². The van der Waals surface area contributed by atoms with Crippen molar-refractivity contribution in [3.63, 3.8) is 0 Å². The van der Waals surface area contributed by atoms with Gasteiger partial charge in [-0.05, 0) is 20.9 Å². The Morgan fingerprint density at radius 1 is 1.55 bits per heavy atom. The Labute approximate surface area is 67.2 Å². The van der Waals surface area contributed by atoms with Crippen molar-refractivity contribution in [2.75, 3.05) is 20.2 Å². The number of ketones is 1. The highest BCUT2D eigenvalue weighted by molar-refractivity contribution is 5.72. The number of rotatable bonds is 3. The Hall–Kier alpha value is -0.450. The third-order valence-electron chi connectivity index (χ3n) is 0.650. The van der Waals surface area contributed by atoms with E-state index in [4.69, 9.17) is 10.2 Å². The van der Waals surface area contributed by atoms with Crippen molar-refractivity contribution in [1.29, 1.82) is 0 Å². The lowest BCUT2D eigenvalue weighted by Crippen LogP contribution is -2.26. The molecule has 0 heterocycles. The molecule has 4 nitrogen and oxygen atoms in total. The van der Waals surface area contributed by atoms with E-state index in [9.17, 15) is 4.79 Å². The number of carbonyl (C=O) groups excluding carboxylic acids is 1. The molecule has 0 saturated carbocycles. The number of hydrogen-bond acceptors (Lipinski definition) is 4. The molecule has 0 spiro atoms. The summed E-state index contributed by atoms with van der Waals surface area (Å²) in [6.45, 7) is 3.34. The van der Waals surface area contributed by atoms with Gasteiger partial charge >= 0.3 is 0 Å². The molecule has 0 rings (SSSR count). The van der Waals surface area contributed by atoms with Crippen LogP contribution in [0, 0.1) is 0 Å². The zero-order valence-corrected chi connectivity index (χ0v) is 7.29. The summed E-state index contributed by atoms with van der Waals surface area (Å²) in [5.41, 5.74) is 0. The Bertz CT molecular complexity index is 91.7. The van der Waals surface area contributed by atoms with Crippen LogP contribution in [0.15, 0.2) is 0 Å². The molecule has 0 aliphatic heterocycles. The quantitative estimate of drug-likeness (QED) is 0.507. The van der Waals surface area contributed by atoms with Crippen molar-refractivity contribution in [3.05, 3.63) is 0 Å². The average molecular weight is 163 g/mol. The van der Waals surface area contributed by atoms with Crippen molar-refractivity contribution >= 4 is 5.78 Å². The van der Waals surface area contributed by atoms with Gasteiger partial charge in [-0.15, -0.1) is 0 Å². The number of hydrogen-bond donors (Lipinski definition) is 3. The number of aliphatic hydroxyl groups is 2. The summed E-state index contributed by atoms with van der Waals surface area (Å²) in [7, 11) is 1.72. The number of carbonyl (C=O) groups is 1. The van der Waals surface area contributed by atoms with Gasteiger partial charge in [0.15, 0.2) is 0 Å². The Kier molecular flexibility index (Phi) is 11.4. The molecule has 0 fully saturated rings. The molecule has 0 aromatic rings. The van der Waals surface area contributed by atoms with Crippen molar-refractivity contribution in [2.45, 2.75) is 20.0 Å². The molecule has 3 N–H and O–H groups in total. The smallest absolute Gasteiger partial charge is 0.126 e. The van der Waals surface area contributed by atoms with Crippen LogP contribution < -0.4 is 5.32 Å². The topological polar surface area (TPSA) is 69.6 Å². The van der Waals surface area contributed by atoms with Crippen molar-refractivity contribution in [1.82, 2.24) is 5.32 Å². The average Bonchev–Trinajstić information content (AvgIpc) is 1.87. The lowest BCUT2D eigenvalue weighted by Gasteiger charge is -2.02. The molecule has 1 unspecified atom stereocenters. The number of likely N-dealkylation sites (N-methyl/N-ethyl adjacent to an activating group) is 1. The first kappa shape index (κ1) is 13.2. The zero-order valence-electron chi connectivity index (χ0n) is 7.29. The molecule has 0 bridgehead atoms. The largest absolute Gasteiger partial charge is 0.394 e. The molecule has 1 atom stereocenters. The maximum absolute atomic E-state index is 9.44. The highest BCUT2D eigenvalue weighted by atomic mass is 16.3. The zero-order chi connectivity index (χ0) is 9.28. The van der Waals surface area contributed by atoms with Crippen LogP contribution in [-0.4, -0.2) is 42.3 Å². The minimum Gasteiger partial charge on any atom is -0.394 e. The highest BCUT2D eigenvalue weighted by Gasteiger charge is 1.95. The molecule has 0 aliphatic carbocycles. The molecule has 4 heteroatoms. The van der Waals surface area contributed by atoms with E-state index in [0.717, 1.165) is 0 Å². The van der Waals surface area contributed by atoms with Crippen LogP contribution in [0.5, 0.6) is 0 Å². The van der Waals surface area contributed by atoms with Crippen LogP contribution >= 0.6 is 0 Å². The fourth-order valence-corrected chi connectivity index (χ4v) is 0.300. The molecule has 68 valence electrons. The molecule has 0 amide bonds. The van der Waals surface area contributed by atoms with E-state index < -0.39 is 6.10 Å². The van der Waals surface area contributed by atoms with Gasteiger partial charge in [-0.1, -0.05) is 0 Å². The minimum absolute atomic E-state index is 0.166. The van der Waals surface area contributed by atoms with Crippen LogP contribution in [0.4, 0.5) is 0 Å². The van der Waals surface area contributed by atoms with E-state index in [1.54, 1.807) is 7.05 Å². The Balaban J connectivity index is 0. The van der Waals surface area contributed by atoms with E-state index in [1.165, 1.54) is 13.8 Å². The SMILES string of the molecule is CC(C)=O.CNCC(O)CO. The normalized spacial score (nSPS) is 11.4. The van der Waals surface area contributed by atoms with E-state index in [2.05, 4.69) is 5.32 Å². The fourth-order valence-electron chi connectivity index (χ4n) is 0.300. The summed E-state index contributed by atoms with van der Waals surface area (Å²) in [5, 5.41) is 19.4. The molecular formula is C7H17NO3. The maximum atomic E-state index is 9.44. The van der Waals surface area contributed by atoms with Gasteiger partial charge in [-0.3, -0.25) is 0 Å². The van der Waals surface area contributed by atoms with Crippen LogP contribution in [0.25, 0.3) is 0 Å². The summed E-state index contributed by atoms with van der Waals surface area (Å²) < 4.78 is 0. The van der Waals surface area contributed by atoms with Gasteiger partial charge in [0.1, 0.15) is 5.78 Å². The second-order valence-electron chi connectivity index (χ2n) is 2.30. The monoisotopic (exact) mass is 163 g/mol. The Morgan fingerprint density at radius 3 is 2.00 bits per heavy atom. The predicted octanol–water partition coefficient (Wildman–Crippen LogP) is -0.846. The maximum Gasteiger partial charge on any atom is 0.126 e. The molecule has 0 aliphatic rings. The van der Waals surface area contributed by atoms with Gasteiger partial charge in [-0.2, -0.15) is 0 Å². The minimum atomic E-state index is -0.606. The first-order valence-electron chi connectivity index (χ1n) is 3.45. The third kappa shape index (κ3) is 26.3. The molecule has 0 saturated heterocycles. The lowest BCUT2D eigenvalue weighted by molar-refractivity contribution is -0.114. The van der Waals surface area contributed by atoms with Crippen LogP contribution in [0.1, 0.15) is 13.8 Å². The van der Waals surface area contributed by atoms with E-state index in [0.29, 0.717) is 6.54 Å². The molecule has 0 aromatic carbocycles. The number of nitrogens with one attached hydrogen (secondary N) is 1. The standard InChI is InChI=1S/C4H11NO2.C3H6O/c1-5-2-4(7)3-6;1-3(2)4/h4-7H,2-3H2,1H3;1-2H3. The van der Waals surface area contributed by atoms with Crippen molar-refractivity contribution in [3.8, 4) is 0 Å². The number of Topliss-reactive ketones (excluding diaryl/α,β-unsaturated/α-hetero) is 1. The molecular weight excluding hydrogens is 146 g/mol. The van der Waals surface area contributed by atoms with Gasteiger partial charge in [0.25, 0.3) is 0 Å². The summed E-state index contributed by atoms with van der Waals surface area (Å²) in [6.07, 6.45) is -0.606. The van der Waals surface area contributed by atoms with Crippen LogP contribution in [0.3, 0.4) is 0 Å². The van der Waals surface area contributed by atoms with Gasteiger partial charge in [0.2, 0.25) is 0 Å². The molecule has 0 radical (unpaired) electrons. The third-order valence-corrected chi connectivity index (χ3v) is 0.650. The number of aliphatic hydroxyl groups excluding tert-OH is 2. The summed E-state index contributed by atoms with van der Waals surface area (Å²) >= 11 is 0. The van der Waals surface area contributed by atoms with Gasteiger partial charge in [0, 0.05) is 6.54 Å². The van der Waals surface area contributed by atoms with E-state index >= 15 is 0 Å². The fraction of sp³-hybridized carbons (Fsp3) is 0.857. The van der Waals surface area contributed by atoms with Crippen LogP contribution in [-0.2, 0) is 4.79 Å². The van der Waals surface area contributed by atoms with Gasteiger partial charge in [0.05, 0.1) is 12.7 Å². The van der Waals surface area contributed by atoms with Gasteiger partial charge in [-0.25, -0.2) is 0 Å².